The van der Waals surface area contributed by atoms with Crippen LogP contribution in [0, 0.1) is 13.8 Å². The molecular weight excluding hydrogens is 434 g/mol. The summed E-state index contributed by atoms with van der Waals surface area (Å²) >= 11 is 0. The number of carbonyl (C=O) groups is 1. The number of carbonyl (C=O) groups excluding carboxylic acids is 1. The lowest BCUT2D eigenvalue weighted by atomic mass is 10.1. The van der Waals surface area contributed by atoms with Crippen LogP contribution in [0.15, 0.2) is 29.2 Å². The molecule has 11 heteroatoms. The molecule has 3 heterocycles. The number of ether oxygens (including phenoxy) is 1. The summed E-state index contributed by atoms with van der Waals surface area (Å²) in [6, 6.07) is 4.57. The van der Waals surface area contributed by atoms with Gasteiger partial charge in [-0.15, -0.1) is 0 Å². The van der Waals surface area contributed by atoms with Crippen LogP contribution in [0.2, 0.25) is 0 Å². The van der Waals surface area contributed by atoms with Crippen LogP contribution < -0.4 is 15.6 Å². The molecule has 0 bridgehead atoms. The lowest BCUT2D eigenvalue weighted by Gasteiger charge is -2.23. The highest BCUT2D eigenvalue weighted by Gasteiger charge is 2.29. The van der Waals surface area contributed by atoms with Crippen LogP contribution in [0.4, 0.5) is 0 Å². The molecule has 1 amide bonds. The predicted molar refractivity (Wildman–Crippen MR) is 120 cm³/mol. The van der Waals surface area contributed by atoms with Gasteiger partial charge in [0.05, 0.1) is 48.3 Å². The quantitative estimate of drug-likeness (QED) is 0.550. The van der Waals surface area contributed by atoms with E-state index >= 15 is 0 Å². The van der Waals surface area contributed by atoms with E-state index in [2.05, 4.69) is 15.4 Å². The molecule has 3 aromatic rings. The minimum absolute atomic E-state index is 0.0389. The molecule has 0 aliphatic carbocycles. The largest absolute Gasteiger partial charge is 0.496 e. The smallest absolute Gasteiger partial charge is 0.256 e. The Kier molecular flexibility index (Phi) is 6.42. The molecule has 0 aromatic carbocycles. The van der Waals surface area contributed by atoms with Gasteiger partial charge in [0.25, 0.3) is 11.5 Å². The molecule has 10 nitrogen and oxygen atoms in total. The summed E-state index contributed by atoms with van der Waals surface area (Å²) in [7, 11) is -0.525. The molecular formula is C21H27N5O5S. The van der Waals surface area contributed by atoms with Gasteiger partial charge in [-0.1, -0.05) is 0 Å². The Bertz CT molecular complexity index is 1340. The number of amides is 1. The van der Waals surface area contributed by atoms with E-state index < -0.39 is 22.0 Å². The minimum Gasteiger partial charge on any atom is -0.496 e. The van der Waals surface area contributed by atoms with E-state index in [9.17, 15) is 18.0 Å². The molecule has 0 spiro atoms. The maximum absolute atomic E-state index is 13.2. The highest BCUT2D eigenvalue weighted by atomic mass is 32.2. The van der Waals surface area contributed by atoms with Crippen LogP contribution in [0.1, 0.15) is 45.8 Å². The Labute approximate surface area is 186 Å². The summed E-state index contributed by atoms with van der Waals surface area (Å²) in [5, 5.41) is 7.12. The lowest BCUT2D eigenvalue weighted by molar-refractivity contribution is 0.0951. The van der Waals surface area contributed by atoms with E-state index in [1.807, 2.05) is 0 Å². The third kappa shape index (κ3) is 4.26. The van der Waals surface area contributed by atoms with Crippen LogP contribution in [0.25, 0.3) is 5.52 Å². The number of aryl methyl sites for hydroxylation is 1. The van der Waals surface area contributed by atoms with Gasteiger partial charge in [-0.05, 0) is 44.5 Å². The number of nitrogens with zero attached hydrogens (tertiary/aromatic N) is 3. The van der Waals surface area contributed by atoms with E-state index in [0.29, 0.717) is 39.3 Å². The summed E-state index contributed by atoms with van der Waals surface area (Å²) in [4.78, 5) is 28.2. The molecule has 0 aliphatic rings. The third-order valence-corrected chi connectivity index (χ3v) is 6.92. The summed E-state index contributed by atoms with van der Waals surface area (Å²) in [6.07, 6.45) is 2.70. The zero-order valence-corrected chi connectivity index (χ0v) is 19.7. The Morgan fingerprint density at radius 3 is 2.69 bits per heavy atom. The van der Waals surface area contributed by atoms with Crippen molar-refractivity contribution in [2.45, 2.75) is 33.4 Å². The van der Waals surface area contributed by atoms with Crippen LogP contribution in [0.5, 0.6) is 5.75 Å². The monoisotopic (exact) mass is 461 g/mol. The van der Waals surface area contributed by atoms with Crippen molar-refractivity contribution in [1.82, 2.24) is 24.2 Å². The molecule has 1 atom stereocenters. The molecule has 3 aromatic heterocycles. The van der Waals surface area contributed by atoms with Crippen LogP contribution in [-0.4, -0.2) is 53.6 Å². The van der Waals surface area contributed by atoms with E-state index in [4.69, 9.17) is 4.74 Å². The fourth-order valence-corrected chi connectivity index (χ4v) is 4.44. The van der Waals surface area contributed by atoms with Crippen molar-refractivity contribution in [3.8, 4) is 5.75 Å². The van der Waals surface area contributed by atoms with Crippen LogP contribution >= 0.6 is 0 Å². The predicted octanol–water partition coefficient (Wildman–Crippen LogP) is 1.53. The van der Waals surface area contributed by atoms with Crippen molar-refractivity contribution in [1.29, 1.82) is 0 Å². The maximum Gasteiger partial charge on any atom is 0.256 e. The van der Waals surface area contributed by atoms with Gasteiger partial charge in [0.1, 0.15) is 5.75 Å². The number of fused-ring (bicyclic) bond motifs is 1. The molecule has 0 saturated heterocycles. The number of aromatic amines is 1. The molecule has 0 radical (unpaired) electrons. The second-order valence-corrected chi connectivity index (χ2v) is 9.71. The van der Waals surface area contributed by atoms with Gasteiger partial charge in [-0.25, -0.2) is 12.9 Å². The summed E-state index contributed by atoms with van der Waals surface area (Å²) in [6.45, 7) is 5.20. The number of aromatic nitrogens is 3. The summed E-state index contributed by atoms with van der Waals surface area (Å²) in [5.74, 6) is -0.0220. The molecule has 0 saturated carbocycles. The first kappa shape index (κ1) is 23.5. The number of sulfonamides is 1. The van der Waals surface area contributed by atoms with Crippen molar-refractivity contribution in [3.63, 3.8) is 0 Å². The van der Waals surface area contributed by atoms with Crippen molar-refractivity contribution in [3.05, 3.63) is 62.8 Å². The first-order valence-corrected chi connectivity index (χ1v) is 11.8. The Balaban J connectivity index is 2.02. The average molecular weight is 462 g/mol. The molecule has 172 valence electrons. The number of pyridine rings is 1. The highest BCUT2D eigenvalue weighted by Crippen LogP contribution is 2.30. The summed E-state index contributed by atoms with van der Waals surface area (Å²) in [5.41, 5.74) is 2.71. The van der Waals surface area contributed by atoms with Gasteiger partial charge in [0.15, 0.2) is 0 Å². The zero-order chi connectivity index (χ0) is 23.8. The van der Waals surface area contributed by atoms with Crippen LogP contribution in [0.3, 0.4) is 0 Å². The number of nitrogens with one attached hydrogen (secondary N) is 2. The molecule has 2 N–H and O–H groups in total. The standard InChI is InChI=1S/C21H27N5O5S/c1-12-10-17(31-5)15(20(27)24-12)11-22-21(28)18-13(2)19(14(3)25(4)32(6,29)30)26-16(18)8-7-9-23-26/h7-10,14H,11H2,1-6H3,(H,22,28)(H,24,27). The fraction of sp³-hybridized carbons (Fsp3) is 0.381. The van der Waals surface area contributed by atoms with Gasteiger partial charge in [-0.2, -0.15) is 9.40 Å². The van der Waals surface area contributed by atoms with E-state index in [1.165, 1.54) is 18.5 Å². The normalized spacial score (nSPS) is 12.8. The maximum atomic E-state index is 13.2. The minimum atomic E-state index is -3.47. The highest BCUT2D eigenvalue weighted by molar-refractivity contribution is 7.88. The second-order valence-electron chi connectivity index (χ2n) is 7.67. The number of methoxy groups -OCH3 is 1. The van der Waals surface area contributed by atoms with Crippen molar-refractivity contribution < 1.29 is 17.9 Å². The molecule has 32 heavy (non-hydrogen) atoms. The van der Waals surface area contributed by atoms with E-state index in [1.54, 1.807) is 49.7 Å². The number of rotatable bonds is 7. The zero-order valence-electron chi connectivity index (χ0n) is 18.9. The van der Waals surface area contributed by atoms with Gasteiger partial charge < -0.3 is 15.0 Å². The molecule has 1 unspecified atom stereocenters. The number of H-pyrrole nitrogens is 1. The van der Waals surface area contributed by atoms with Crippen molar-refractivity contribution in [2.24, 2.45) is 0 Å². The first-order valence-electron chi connectivity index (χ1n) is 9.91. The second kappa shape index (κ2) is 8.75. The molecule has 0 aliphatic heterocycles. The number of hydrogen-bond acceptors (Lipinski definition) is 6. The van der Waals surface area contributed by atoms with Crippen LogP contribution in [-0.2, 0) is 16.6 Å². The summed E-state index contributed by atoms with van der Waals surface area (Å²) < 4.78 is 32.3. The average Bonchev–Trinajstić information content (AvgIpc) is 3.02. The SMILES string of the molecule is COc1cc(C)[nH]c(=O)c1CNC(=O)c1c(C)c(C(C)N(C)S(C)(=O)=O)n2ncccc12. The van der Waals surface area contributed by atoms with Crippen molar-refractivity contribution in [2.75, 3.05) is 20.4 Å². The van der Waals surface area contributed by atoms with Gasteiger partial charge in [0, 0.05) is 18.9 Å². The first-order chi connectivity index (χ1) is 15.0. The molecule has 3 rings (SSSR count). The van der Waals surface area contributed by atoms with Gasteiger partial charge in [-0.3, -0.25) is 9.59 Å². The third-order valence-electron chi connectivity index (χ3n) is 5.56. The van der Waals surface area contributed by atoms with Gasteiger partial charge >= 0.3 is 0 Å². The van der Waals surface area contributed by atoms with E-state index in [-0.39, 0.29) is 12.1 Å². The Hall–Kier alpha value is -3.18. The fourth-order valence-electron chi connectivity index (χ4n) is 3.76. The Morgan fingerprint density at radius 1 is 1.38 bits per heavy atom. The Morgan fingerprint density at radius 2 is 2.06 bits per heavy atom. The van der Waals surface area contributed by atoms with Crippen molar-refractivity contribution >= 4 is 21.4 Å². The topological polar surface area (TPSA) is 126 Å². The molecule has 0 fully saturated rings. The number of hydrogen-bond donors (Lipinski definition) is 2. The van der Waals surface area contributed by atoms with E-state index in [0.717, 1.165) is 6.26 Å². The van der Waals surface area contributed by atoms with Gasteiger partial charge in [0.2, 0.25) is 10.0 Å². The lowest BCUT2D eigenvalue weighted by Crippen LogP contribution is -2.30.